The minimum absolute atomic E-state index is 0.0526. The molecule has 0 aliphatic rings. The van der Waals surface area contributed by atoms with Gasteiger partial charge in [-0.15, -0.1) is 11.3 Å². The summed E-state index contributed by atoms with van der Waals surface area (Å²) in [5.41, 5.74) is 2.32. The molecule has 0 atom stereocenters. The van der Waals surface area contributed by atoms with Crippen molar-refractivity contribution >= 4 is 44.1 Å². The van der Waals surface area contributed by atoms with Gasteiger partial charge in [0.1, 0.15) is 5.75 Å². The third-order valence-corrected chi connectivity index (χ3v) is 4.79. The molecule has 5 nitrogen and oxygen atoms in total. The fraction of sp³-hybridized carbons (Fsp3) is 0.105. The van der Waals surface area contributed by atoms with Gasteiger partial charge in [0.2, 0.25) is 0 Å². The summed E-state index contributed by atoms with van der Waals surface area (Å²) in [6, 6.07) is 14.5. The molecular weight excluding hydrogens is 416 g/mol. The number of nitrogens with zero attached hydrogens (tertiary/aromatic N) is 1. The number of nitrogens with one attached hydrogen (secondary N) is 1. The summed E-state index contributed by atoms with van der Waals surface area (Å²) in [5, 5.41) is 5.11. The minimum Gasteiger partial charge on any atom is -0.484 e. The quantitative estimate of drug-likeness (QED) is 0.570. The number of hydrogen-bond acceptors (Lipinski definition) is 5. The molecule has 1 N–H and O–H groups in total. The molecule has 0 fully saturated rings. The normalized spacial score (nSPS) is 10.4. The van der Waals surface area contributed by atoms with Gasteiger partial charge >= 0.3 is 0 Å². The number of aromatic nitrogens is 1. The lowest BCUT2D eigenvalue weighted by Gasteiger charge is -2.06. The summed E-state index contributed by atoms with van der Waals surface area (Å²) in [4.78, 5) is 27.8. The van der Waals surface area contributed by atoms with Gasteiger partial charge in [0, 0.05) is 21.0 Å². The fourth-order valence-corrected chi connectivity index (χ4v) is 3.19. The van der Waals surface area contributed by atoms with E-state index in [1.807, 2.05) is 29.6 Å². The second kappa shape index (κ2) is 8.25. The summed E-state index contributed by atoms with van der Waals surface area (Å²) >= 11 is 4.75. The van der Waals surface area contributed by atoms with Gasteiger partial charge in [-0.25, -0.2) is 4.98 Å². The number of Topliss-reactive ketones (excluding diaryl/α,β-unsaturated/α-hetero) is 1. The Morgan fingerprint density at radius 3 is 2.69 bits per heavy atom. The number of carbonyl (C=O) groups is 2. The highest BCUT2D eigenvalue weighted by molar-refractivity contribution is 9.10. The Bertz CT molecular complexity index is 938. The lowest BCUT2D eigenvalue weighted by Crippen LogP contribution is -2.20. The first kappa shape index (κ1) is 18.3. The number of benzene rings is 2. The molecule has 3 rings (SSSR count). The van der Waals surface area contributed by atoms with E-state index in [2.05, 4.69) is 26.2 Å². The first-order chi connectivity index (χ1) is 12.5. The molecule has 0 saturated heterocycles. The van der Waals surface area contributed by atoms with Crippen LogP contribution in [0.4, 0.5) is 5.13 Å². The minimum atomic E-state index is -0.310. The van der Waals surface area contributed by atoms with Crippen molar-refractivity contribution < 1.29 is 14.3 Å². The maximum Gasteiger partial charge on any atom is 0.264 e. The summed E-state index contributed by atoms with van der Waals surface area (Å²) < 4.78 is 6.44. The maximum atomic E-state index is 12.1. The van der Waals surface area contributed by atoms with Gasteiger partial charge in [-0.3, -0.25) is 14.9 Å². The smallest absolute Gasteiger partial charge is 0.264 e. The molecule has 7 heteroatoms. The van der Waals surface area contributed by atoms with Crippen LogP contribution < -0.4 is 10.1 Å². The maximum absolute atomic E-state index is 12.1. The zero-order valence-electron chi connectivity index (χ0n) is 13.9. The summed E-state index contributed by atoms with van der Waals surface area (Å²) in [5.74, 6) is 0.112. The van der Waals surface area contributed by atoms with Gasteiger partial charge in [0.05, 0.1) is 5.69 Å². The number of rotatable bonds is 6. The van der Waals surface area contributed by atoms with Crippen molar-refractivity contribution in [3.8, 4) is 17.0 Å². The van der Waals surface area contributed by atoms with Crippen molar-refractivity contribution in [1.29, 1.82) is 0 Å². The van der Waals surface area contributed by atoms with Gasteiger partial charge in [0.25, 0.3) is 5.91 Å². The third kappa shape index (κ3) is 4.77. The number of hydrogen-bond donors (Lipinski definition) is 1. The fourth-order valence-electron chi connectivity index (χ4n) is 2.19. The Morgan fingerprint density at radius 2 is 1.96 bits per heavy atom. The van der Waals surface area contributed by atoms with E-state index < -0.39 is 0 Å². The lowest BCUT2D eigenvalue weighted by molar-refractivity contribution is -0.118. The largest absolute Gasteiger partial charge is 0.484 e. The highest BCUT2D eigenvalue weighted by Gasteiger charge is 2.09. The van der Waals surface area contributed by atoms with Crippen molar-refractivity contribution in [3.05, 3.63) is 63.9 Å². The van der Waals surface area contributed by atoms with Crippen LogP contribution in [0, 0.1) is 0 Å². The molecule has 0 bridgehead atoms. The van der Waals surface area contributed by atoms with Crippen molar-refractivity contribution in [2.24, 2.45) is 0 Å². The van der Waals surface area contributed by atoms with E-state index in [4.69, 9.17) is 4.74 Å². The highest BCUT2D eigenvalue weighted by atomic mass is 79.9. The predicted molar refractivity (Wildman–Crippen MR) is 106 cm³/mol. The first-order valence-corrected chi connectivity index (χ1v) is 9.43. The molecule has 132 valence electrons. The highest BCUT2D eigenvalue weighted by Crippen LogP contribution is 2.26. The summed E-state index contributed by atoms with van der Waals surface area (Å²) in [6.45, 7) is 1.33. The van der Waals surface area contributed by atoms with Crippen LogP contribution in [0.3, 0.4) is 0 Å². The van der Waals surface area contributed by atoms with Gasteiger partial charge < -0.3 is 4.74 Å². The molecule has 0 aliphatic carbocycles. The molecule has 0 spiro atoms. The Kier molecular flexibility index (Phi) is 5.80. The number of ketones is 1. The lowest BCUT2D eigenvalue weighted by atomic mass is 10.1. The summed E-state index contributed by atoms with van der Waals surface area (Å²) in [7, 11) is 0. The number of halogens is 1. The molecule has 26 heavy (non-hydrogen) atoms. The Hall–Kier alpha value is -2.51. The standard InChI is InChI=1S/C19H15BrN2O3S/c1-12(23)14-3-2-4-16(9-14)25-10-18(24)22-19-21-17(11-26-19)13-5-7-15(20)8-6-13/h2-9,11H,10H2,1H3,(H,21,22,24). The van der Waals surface area contributed by atoms with E-state index in [-0.39, 0.29) is 18.3 Å². The van der Waals surface area contributed by atoms with Crippen LogP contribution in [0.2, 0.25) is 0 Å². The van der Waals surface area contributed by atoms with Gasteiger partial charge in [-0.1, -0.05) is 40.2 Å². The van der Waals surface area contributed by atoms with Crippen LogP contribution in [0.1, 0.15) is 17.3 Å². The monoisotopic (exact) mass is 430 g/mol. The SMILES string of the molecule is CC(=O)c1cccc(OCC(=O)Nc2nc(-c3ccc(Br)cc3)cs2)c1. The average Bonchev–Trinajstić information content (AvgIpc) is 3.09. The Labute approximate surface area is 163 Å². The number of ether oxygens (including phenoxy) is 1. The van der Waals surface area contributed by atoms with Crippen molar-refractivity contribution in [3.63, 3.8) is 0 Å². The third-order valence-electron chi connectivity index (χ3n) is 3.50. The zero-order valence-corrected chi connectivity index (χ0v) is 16.3. The second-order valence-corrected chi connectivity index (χ2v) is 7.24. The number of anilines is 1. The van der Waals surface area contributed by atoms with E-state index >= 15 is 0 Å². The van der Waals surface area contributed by atoms with Crippen molar-refractivity contribution in [2.75, 3.05) is 11.9 Å². The van der Waals surface area contributed by atoms with Crippen LogP contribution in [0.15, 0.2) is 58.4 Å². The molecule has 1 amide bonds. The van der Waals surface area contributed by atoms with E-state index in [1.54, 1.807) is 24.3 Å². The van der Waals surface area contributed by atoms with Crippen molar-refractivity contribution in [2.45, 2.75) is 6.92 Å². The van der Waals surface area contributed by atoms with E-state index in [0.717, 1.165) is 15.7 Å². The van der Waals surface area contributed by atoms with Crippen LogP contribution in [-0.2, 0) is 4.79 Å². The predicted octanol–water partition coefficient (Wildman–Crippen LogP) is 4.79. The summed E-state index contributed by atoms with van der Waals surface area (Å²) in [6.07, 6.45) is 0. The van der Waals surface area contributed by atoms with Crippen LogP contribution >= 0.6 is 27.3 Å². The molecule has 0 saturated carbocycles. The van der Waals surface area contributed by atoms with E-state index in [1.165, 1.54) is 18.3 Å². The number of thiazole rings is 1. The molecule has 2 aromatic carbocycles. The molecule has 0 radical (unpaired) electrons. The molecule has 1 heterocycles. The topological polar surface area (TPSA) is 68.3 Å². The van der Waals surface area contributed by atoms with Crippen LogP contribution in [0.5, 0.6) is 5.75 Å². The van der Waals surface area contributed by atoms with Gasteiger partial charge in [-0.05, 0) is 31.2 Å². The zero-order chi connectivity index (χ0) is 18.5. The van der Waals surface area contributed by atoms with Gasteiger partial charge in [-0.2, -0.15) is 0 Å². The van der Waals surface area contributed by atoms with Crippen LogP contribution in [-0.4, -0.2) is 23.3 Å². The first-order valence-electron chi connectivity index (χ1n) is 7.76. The molecular formula is C19H15BrN2O3S. The van der Waals surface area contributed by atoms with E-state index in [9.17, 15) is 9.59 Å². The molecule has 0 aliphatic heterocycles. The Balaban J connectivity index is 1.58. The van der Waals surface area contributed by atoms with Gasteiger partial charge in [0.15, 0.2) is 17.5 Å². The molecule has 3 aromatic rings. The second-order valence-electron chi connectivity index (χ2n) is 5.47. The average molecular weight is 431 g/mol. The molecule has 1 aromatic heterocycles. The van der Waals surface area contributed by atoms with Crippen molar-refractivity contribution in [1.82, 2.24) is 4.98 Å². The molecule has 0 unspecified atom stereocenters. The number of carbonyl (C=O) groups excluding carboxylic acids is 2. The van der Waals surface area contributed by atoms with E-state index in [0.29, 0.717) is 16.4 Å². The van der Waals surface area contributed by atoms with Crippen LogP contribution in [0.25, 0.3) is 11.3 Å². The Morgan fingerprint density at radius 1 is 1.19 bits per heavy atom. The number of amides is 1.